The van der Waals surface area contributed by atoms with Gasteiger partial charge in [-0.2, -0.15) is 0 Å². The largest absolute Gasteiger partial charge is 0.489 e. The molecular weight excluding hydrogens is 222 g/mol. The molecule has 0 aliphatic heterocycles. The summed E-state index contributed by atoms with van der Waals surface area (Å²) in [4.78, 5) is 11.3. The van der Waals surface area contributed by atoms with Crippen molar-refractivity contribution in [2.45, 2.75) is 13.0 Å². The number of carbonyl (C=O) groups excluding carboxylic acids is 1. The van der Waals surface area contributed by atoms with Crippen molar-refractivity contribution in [2.24, 2.45) is 0 Å². The fourth-order valence-corrected chi connectivity index (χ4v) is 1.20. The Labute approximate surface area is 100 Å². The van der Waals surface area contributed by atoms with Crippen molar-refractivity contribution in [3.05, 3.63) is 23.8 Å². The summed E-state index contributed by atoms with van der Waals surface area (Å²) in [5, 5.41) is 0. The standard InChI is InChI=1S/C12H17NO4/c1-8(15-2)7-17-11-5-4-9(6-10(11)13)12(14)16-3/h4-6,8H,7,13H2,1-3H3. The quantitative estimate of drug-likeness (QED) is 0.622. The van der Waals surface area contributed by atoms with Gasteiger partial charge in [0.15, 0.2) is 0 Å². The Kier molecular flexibility index (Phi) is 4.78. The molecule has 5 nitrogen and oxygen atoms in total. The van der Waals surface area contributed by atoms with Gasteiger partial charge in [0, 0.05) is 7.11 Å². The van der Waals surface area contributed by atoms with Crippen LogP contribution in [0.25, 0.3) is 0 Å². The van der Waals surface area contributed by atoms with Crippen LogP contribution in [0.3, 0.4) is 0 Å². The van der Waals surface area contributed by atoms with E-state index in [4.69, 9.17) is 15.2 Å². The third-order valence-corrected chi connectivity index (χ3v) is 2.31. The Morgan fingerprint density at radius 1 is 1.41 bits per heavy atom. The first-order chi connectivity index (χ1) is 8.08. The highest BCUT2D eigenvalue weighted by atomic mass is 16.5. The number of hydrogen-bond donors (Lipinski definition) is 1. The summed E-state index contributed by atoms with van der Waals surface area (Å²) in [6.07, 6.45) is -0.0188. The maximum Gasteiger partial charge on any atom is 0.337 e. The van der Waals surface area contributed by atoms with E-state index in [1.807, 2.05) is 6.92 Å². The number of esters is 1. The molecule has 1 unspecified atom stereocenters. The van der Waals surface area contributed by atoms with E-state index < -0.39 is 5.97 Å². The van der Waals surface area contributed by atoms with Gasteiger partial charge in [0.25, 0.3) is 0 Å². The van der Waals surface area contributed by atoms with Gasteiger partial charge in [-0.1, -0.05) is 0 Å². The molecular formula is C12H17NO4. The summed E-state index contributed by atoms with van der Waals surface area (Å²) >= 11 is 0. The molecule has 0 saturated heterocycles. The molecule has 0 saturated carbocycles. The number of hydrogen-bond acceptors (Lipinski definition) is 5. The van der Waals surface area contributed by atoms with Gasteiger partial charge in [-0.25, -0.2) is 4.79 Å². The lowest BCUT2D eigenvalue weighted by atomic mass is 10.2. The second-order valence-corrected chi connectivity index (χ2v) is 3.60. The topological polar surface area (TPSA) is 70.8 Å². The maximum absolute atomic E-state index is 11.3. The maximum atomic E-state index is 11.3. The van der Waals surface area contributed by atoms with Gasteiger partial charge in [0.1, 0.15) is 12.4 Å². The molecule has 0 fully saturated rings. The lowest BCUT2D eigenvalue weighted by Gasteiger charge is -2.13. The zero-order chi connectivity index (χ0) is 12.8. The van der Waals surface area contributed by atoms with Crippen LogP contribution in [0.2, 0.25) is 0 Å². The van der Waals surface area contributed by atoms with E-state index in [-0.39, 0.29) is 6.10 Å². The number of carbonyl (C=O) groups is 1. The van der Waals surface area contributed by atoms with Gasteiger partial charge >= 0.3 is 5.97 Å². The normalized spacial score (nSPS) is 11.9. The molecule has 1 aromatic carbocycles. The van der Waals surface area contributed by atoms with Crippen LogP contribution in [0.4, 0.5) is 5.69 Å². The molecule has 0 amide bonds. The van der Waals surface area contributed by atoms with Crippen LogP contribution < -0.4 is 10.5 Å². The SMILES string of the molecule is COC(=O)c1ccc(OCC(C)OC)c(N)c1. The van der Waals surface area contributed by atoms with Crippen LogP contribution in [-0.2, 0) is 9.47 Å². The Morgan fingerprint density at radius 2 is 2.12 bits per heavy atom. The van der Waals surface area contributed by atoms with Crippen LogP contribution >= 0.6 is 0 Å². The van der Waals surface area contributed by atoms with E-state index in [1.54, 1.807) is 19.2 Å². The van der Waals surface area contributed by atoms with Crippen molar-refractivity contribution in [1.29, 1.82) is 0 Å². The van der Waals surface area contributed by atoms with Crippen molar-refractivity contribution >= 4 is 11.7 Å². The third kappa shape index (κ3) is 3.64. The molecule has 1 aromatic rings. The highest BCUT2D eigenvalue weighted by Gasteiger charge is 2.09. The van der Waals surface area contributed by atoms with Gasteiger partial charge in [0.05, 0.1) is 24.5 Å². The molecule has 17 heavy (non-hydrogen) atoms. The first-order valence-electron chi connectivity index (χ1n) is 5.22. The predicted molar refractivity (Wildman–Crippen MR) is 64.2 cm³/mol. The molecule has 1 rings (SSSR count). The van der Waals surface area contributed by atoms with Gasteiger partial charge in [-0.15, -0.1) is 0 Å². The van der Waals surface area contributed by atoms with Crippen LogP contribution in [0.1, 0.15) is 17.3 Å². The summed E-state index contributed by atoms with van der Waals surface area (Å²) in [7, 11) is 2.93. The molecule has 0 aliphatic carbocycles. The Balaban J connectivity index is 2.73. The Morgan fingerprint density at radius 3 is 2.65 bits per heavy atom. The molecule has 0 bridgehead atoms. The van der Waals surface area contributed by atoms with E-state index in [9.17, 15) is 4.79 Å². The van der Waals surface area contributed by atoms with E-state index in [1.165, 1.54) is 13.2 Å². The summed E-state index contributed by atoms with van der Waals surface area (Å²) < 4.78 is 15.1. The monoisotopic (exact) mass is 239 g/mol. The van der Waals surface area contributed by atoms with Gasteiger partial charge in [-0.3, -0.25) is 0 Å². The summed E-state index contributed by atoms with van der Waals surface area (Å²) in [6.45, 7) is 2.29. The average Bonchev–Trinajstić information content (AvgIpc) is 2.35. The summed E-state index contributed by atoms with van der Waals surface area (Å²) in [5.41, 5.74) is 6.57. The van der Waals surface area contributed by atoms with Crippen LogP contribution in [0.15, 0.2) is 18.2 Å². The number of rotatable bonds is 5. The summed E-state index contributed by atoms with van der Waals surface area (Å²) in [5.74, 6) is 0.107. The number of anilines is 1. The lowest BCUT2D eigenvalue weighted by molar-refractivity contribution is 0.0600. The fourth-order valence-electron chi connectivity index (χ4n) is 1.20. The zero-order valence-electron chi connectivity index (χ0n) is 10.2. The number of benzene rings is 1. The molecule has 94 valence electrons. The number of ether oxygens (including phenoxy) is 3. The Hall–Kier alpha value is -1.75. The molecule has 0 spiro atoms. The first kappa shape index (κ1) is 13.3. The molecule has 0 radical (unpaired) electrons. The zero-order valence-corrected chi connectivity index (χ0v) is 10.2. The predicted octanol–water partition coefficient (Wildman–Crippen LogP) is 1.47. The van der Waals surface area contributed by atoms with Crippen molar-refractivity contribution in [1.82, 2.24) is 0 Å². The van der Waals surface area contributed by atoms with Gasteiger partial charge in [-0.05, 0) is 25.1 Å². The second-order valence-electron chi connectivity index (χ2n) is 3.60. The van der Waals surface area contributed by atoms with Gasteiger partial charge in [0.2, 0.25) is 0 Å². The van der Waals surface area contributed by atoms with E-state index in [0.29, 0.717) is 23.6 Å². The van der Waals surface area contributed by atoms with Crippen molar-refractivity contribution in [3.63, 3.8) is 0 Å². The minimum atomic E-state index is -0.423. The third-order valence-electron chi connectivity index (χ3n) is 2.31. The van der Waals surface area contributed by atoms with E-state index >= 15 is 0 Å². The molecule has 0 aliphatic rings. The number of nitrogens with two attached hydrogens (primary N) is 1. The van der Waals surface area contributed by atoms with Crippen molar-refractivity contribution < 1.29 is 19.0 Å². The second kappa shape index (κ2) is 6.10. The lowest BCUT2D eigenvalue weighted by Crippen LogP contribution is -2.16. The summed E-state index contributed by atoms with van der Waals surface area (Å²) in [6, 6.07) is 4.78. The highest BCUT2D eigenvalue weighted by molar-refractivity contribution is 5.90. The number of methoxy groups -OCH3 is 2. The Bertz CT molecular complexity index is 392. The van der Waals surface area contributed by atoms with E-state index in [0.717, 1.165) is 0 Å². The van der Waals surface area contributed by atoms with Crippen LogP contribution in [-0.4, -0.2) is 32.9 Å². The van der Waals surface area contributed by atoms with Gasteiger partial charge < -0.3 is 19.9 Å². The number of nitrogen functional groups attached to an aromatic ring is 1. The van der Waals surface area contributed by atoms with E-state index in [2.05, 4.69) is 4.74 Å². The van der Waals surface area contributed by atoms with Crippen LogP contribution in [0, 0.1) is 0 Å². The minimum Gasteiger partial charge on any atom is -0.489 e. The van der Waals surface area contributed by atoms with Crippen molar-refractivity contribution in [2.75, 3.05) is 26.6 Å². The fraction of sp³-hybridized carbons (Fsp3) is 0.417. The smallest absolute Gasteiger partial charge is 0.337 e. The molecule has 1 atom stereocenters. The highest BCUT2D eigenvalue weighted by Crippen LogP contribution is 2.23. The average molecular weight is 239 g/mol. The van der Waals surface area contributed by atoms with Crippen molar-refractivity contribution in [3.8, 4) is 5.75 Å². The molecule has 0 heterocycles. The molecule has 0 aromatic heterocycles. The first-order valence-corrected chi connectivity index (χ1v) is 5.22. The molecule has 2 N–H and O–H groups in total. The molecule has 5 heteroatoms. The minimum absolute atomic E-state index is 0.0188. The van der Waals surface area contributed by atoms with Crippen LogP contribution in [0.5, 0.6) is 5.75 Å².